The molecule has 0 saturated heterocycles. The van der Waals surface area contributed by atoms with Gasteiger partial charge in [-0.1, -0.05) is 5.16 Å². The summed E-state index contributed by atoms with van der Waals surface area (Å²) in [6.07, 6.45) is 2.43. The minimum atomic E-state index is -3.57. The first kappa shape index (κ1) is 20.1. The number of carbonyl (C=O) groups is 1. The molecule has 0 saturated carbocycles. The average molecular weight is 420 g/mol. The molecule has 0 fully saturated rings. The number of rotatable bonds is 8. The SMILES string of the molecule is CS(=O)(=O)c1ccc(NCCNC(=O)c2cc(-c3ccco3)on2)c([N+](=O)[O-])c1. The number of hydrogen-bond acceptors (Lipinski definition) is 9. The van der Waals surface area contributed by atoms with Crippen LogP contribution in [0.2, 0.25) is 0 Å². The van der Waals surface area contributed by atoms with E-state index < -0.39 is 20.7 Å². The number of carbonyl (C=O) groups excluding carboxylic acids is 1. The number of nitrogens with one attached hydrogen (secondary N) is 2. The van der Waals surface area contributed by atoms with E-state index in [4.69, 9.17) is 8.94 Å². The number of anilines is 1. The molecule has 11 nitrogen and oxygen atoms in total. The highest BCUT2D eigenvalue weighted by atomic mass is 32.2. The molecule has 0 unspecified atom stereocenters. The summed E-state index contributed by atoms with van der Waals surface area (Å²) >= 11 is 0. The van der Waals surface area contributed by atoms with Gasteiger partial charge in [0.15, 0.2) is 21.3 Å². The van der Waals surface area contributed by atoms with Crippen molar-refractivity contribution in [2.75, 3.05) is 24.7 Å². The van der Waals surface area contributed by atoms with Crippen molar-refractivity contribution < 1.29 is 27.1 Å². The van der Waals surface area contributed by atoms with Gasteiger partial charge in [0.1, 0.15) is 5.69 Å². The third kappa shape index (κ3) is 4.79. The molecule has 0 atom stereocenters. The lowest BCUT2D eigenvalue weighted by Gasteiger charge is -2.08. The Bertz CT molecular complexity index is 1140. The molecule has 1 aromatic carbocycles. The Balaban J connectivity index is 1.58. The van der Waals surface area contributed by atoms with Crippen LogP contribution in [0.1, 0.15) is 10.5 Å². The van der Waals surface area contributed by atoms with Crippen molar-refractivity contribution in [3.8, 4) is 11.5 Å². The number of aromatic nitrogens is 1. The van der Waals surface area contributed by atoms with Crippen molar-refractivity contribution in [2.45, 2.75) is 4.90 Å². The van der Waals surface area contributed by atoms with Crippen molar-refractivity contribution in [2.24, 2.45) is 0 Å². The van der Waals surface area contributed by atoms with E-state index in [1.54, 1.807) is 12.1 Å². The summed E-state index contributed by atoms with van der Waals surface area (Å²) in [5.41, 5.74) is -0.183. The lowest BCUT2D eigenvalue weighted by molar-refractivity contribution is -0.384. The van der Waals surface area contributed by atoms with Gasteiger partial charge in [-0.2, -0.15) is 0 Å². The van der Waals surface area contributed by atoms with E-state index >= 15 is 0 Å². The highest BCUT2D eigenvalue weighted by molar-refractivity contribution is 7.90. The van der Waals surface area contributed by atoms with Crippen LogP contribution in [-0.2, 0) is 9.84 Å². The van der Waals surface area contributed by atoms with Crippen LogP contribution in [0.3, 0.4) is 0 Å². The van der Waals surface area contributed by atoms with E-state index in [2.05, 4.69) is 15.8 Å². The summed E-state index contributed by atoms with van der Waals surface area (Å²) in [7, 11) is -3.57. The minimum absolute atomic E-state index is 0.0554. The van der Waals surface area contributed by atoms with Crippen molar-refractivity contribution in [1.29, 1.82) is 0 Å². The molecule has 3 rings (SSSR count). The molecule has 3 aromatic rings. The van der Waals surface area contributed by atoms with Gasteiger partial charge in [0.2, 0.25) is 5.76 Å². The van der Waals surface area contributed by atoms with Gasteiger partial charge in [-0.25, -0.2) is 8.42 Å². The lowest BCUT2D eigenvalue weighted by atomic mass is 10.2. The largest absolute Gasteiger partial charge is 0.461 e. The highest BCUT2D eigenvalue weighted by Crippen LogP contribution is 2.27. The van der Waals surface area contributed by atoms with E-state index in [0.29, 0.717) is 11.5 Å². The Morgan fingerprint density at radius 2 is 2.00 bits per heavy atom. The molecule has 0 aliphatic rings. The number of benzene rings is 1. The smallest absolute Gasteiger partial charge is 0.293 e. The fraction of sp³-hybridized carbons (Fsp3) is 0.176. The molecule has 2 aromatic heterocycles. The molecule has 152 valence electrons. The van der Waals surface area contributed by atoms with Gasteiger partial charge in [0.05, 0.1) is 16.1 Å². The molecule has 0 bridgehead atoms. The third-order valence-electron chi connectivity index (χ3n) is 3.83. The van der Waals surface area contributed by atoms with Crippen LogP contribution in [-0.4, -0.2) is 43.8 Å². The Hall–Kier alpha value is -3.67. The number of furan rings is 1. The maximum Gasteiger partial charge on any atom is 0.293 e. The van der Waals surface area contributed by atoms with Gasteiger partial charge in [0, 0.05) is 31.5 Å². The molecule has 0 spiro atoms. The topological polar surface area (TPSA) is 158 Å². The summed E-state index contributed by atoms with van der Waals surface area (Å²) in [5.74, 6) is 0.248. The van der Waals surface area contributed by atoms with Gasteiger partial charge < -0.3 is 19.6 Å². The first-order valence-corrected chi connectivity index (χ1v) is 10.2. The molecule has 1 amide bonds. The Labute approximate surface area is 164 Å². The van der Waals surface area contributed by atoms with Crippen LogP contribution in [0.5, 0.6) is 0 Å². The molecule has 0 radical (unpaired) electrons. The van der Waals surface area contributed by atoms with Gasteiger partial charge in [-0.05, 0) is 24.3 Å². The molecule has 0 aliphatic carbocycles. The van der Waals surface area contributed by atoms with E-state index in [-0.39, 0.29) is 35.1 Å². The molecule has 12 heteroatoms. The summed E-state index contributed by atoms with van der Waals surface area (Å²) in [6, 6.07) is 8.33. The standard InChI is InChI=1S/C17H16N4O7S/c1-29(25,26)11-4-5-12(14(9-11)21(23)24)18-6-7-19-17(22)13-10-16(28-20-13)15-3-2-8-27-15/h2-5,8-10,18H,6-7H2,1H3,(H,19,22). The van der Waals surface area contributed by atoms with E-state index in [1.807, 2.05) is 0 Å². The van der Waals surface area contributed by atoms with Gasteiger partial charge >= 0.3 is 0 Å². The zero-order chi connectivity index (χ0) is 21.0. The number of nitro groups is 1. The van der Waals surface area contributed by atoms with Gasteiger partial charge in [-0.3, -0.25) is 14.9 Å². The first-order valence-electron chi connectivity index (χ1n) is 8.27. The van der Waals surface area contributed by atoms with Crippen LogP contribution >= 0.6 is 0 Å². The fourth-order valence-corrected chi connectivity index (χ4v) is 3.06. The van der Waals surface area contributed by atoms with Gasteiger partial charge in [-0.15, -0.1) is 0 Å². The Morgan fingerprint density at radius 1 is 1.21 bits per heavy atom. The number of sulfone groups is 1. The second-order valence-electron chi connectivity index (χ2n) is 5.94. The maximum atomic E-state index is 12.1. The lowest BCUT2D eigenvalue weighted by Crippen LogP contribution is -2.29. The molecule has 2 heterocycles. The van der Waals surface area contributed by atoms with E-state index in [9.17, 15) is 23.3 Å². The zero-order valence-electron chi connectivity index (χ0n) is 15.1. The molecule has 2 N–H and O–H groups in total. The number of amides is 1. The molecular formula is C17H16N4O7S. The second-order valence-corrected chi connectivity index (χ2v) is 7.96. The average Bonchev–Trinajstić information content (AvgIpc) is 3.35. The van der Waals surface area contributed by atoms with E-state index in [0.717, 1.165) is 12.3 Å². The van der Waals surface area contributed by atoms with Crippen LogP contribution in [0, 0.1) is 10.1 Å². The summed E-state index contributed by atoms with van der Waals surface area (Å²) in [5, 5.41) is 20.3. The van der Waals surface area contributed by atoms with Crippen molar-refractivity contribution in [1.82, 2.24) is 10.5 Å². The second kappa shape index (κ2) is 8.14. The van der Waals surface area contributed by atoms with Gasteiger partial charge in [0.25, 0.3) is 11.6 Å². The zero-order valence-corrected chi connectivity index (χ0v) is 15.9. The third-order valence-corrected chi connectivity index (χ3v) is 4.94. The van der Waals surface area contributed by atoms with Crippen LogP contribution in [0.15, 0.2) is 56.5 Å². The minimum Gasteiger partial charge on any atom is -0.461 e. The maximum absolute atomic E-state index is 12.1. The van der Waals surface area contributed by atoms with Crippen molar-refractivity contribution in [3.63, 3.8) is 0 Å². The van der Waals surface area contributed by atoms with Crippen molar-refractivity contribution in [3.05, 3.63) is 58.5 Å². The normalized spacial score (nSPS) is 11.2. The summed E-state index contributed by atoms with van der Waals surface area (Å²) < 4.78 is 33.3. The number of nitro benzene ring substituents is 1. The predicted octanol–water partition coefficient (Wildman–Crippen LogP) is 2.09. The van der Waals surface area contributed by atoms with E-state index in [1.165, 1.54) is 24.5 Å². The molecule has 0 aliphatic heterocycles. The first-order chi connectivity index (χ1) is 13.8. The fourth-order valence-electron chi connectivity index (χ4n) is 2.42. The summed E-state index contributed by atoms with van der Waals surface area (Å²) in [4.78, 5) is 22.5. The summed E-state index contributed by atoms with van der Waals surface area (Å²) in [6.45, 7) is 0.292. The predicted molar refractivity (Wildman–Crippen MR) is 101 cm³/mol. The van der Waals surface area contributed by atoms with Crippen LogP contribution in [0.4, 0.5) is 11.4 Å². The number of hydrogen-bond donors (Lipinski definition) is 2. The van der Waals surface area contributed by atoms with Crippen molar-refractivity contribution >= 4 is 27.1 Å². The highest BCUT2D eigenvalue weighted by Gasteiger charge is 2.19. The monoisotopic (exact) mass is 420 g/mol. The Kier molecular flexibility index (Phi) is 5.64. The molecule has 29 heavy (non-hydrogen) atoms. The molecular weight excluding hydrogens is 404 g/mol. The quantitative estimate of drug-likeness (QED) is 0.316. The number of nitrogens with zero attached hydrogens (tertiary/aromatic N) is 2. The Morgan fingerprint density at radius 3 is 2.66 bits per heavy atom. The van der Waals surface area contributed by atoms with Crippen LogP contribution in [0.25, 0.3) is 11.5 Å². The van der Waals surface area contributed by atoms with Crippen LogP contribution < -0.4 is 10.6 Å².